The third-order valence-corrected chi connectivity index (χ3v) is 9.26. The standard InChI is InChI=1S/C33H45N3O4/c1-24(36-22-18-33(40-31(36)38,23-32(2,3)39)28-9-6-5-7-10-28)25-12-14-26(15-13-25)27-16-20-35(21-17-27)30(37)29-11-8-19-34(29)4/h5-7,9-10,12-15,24,27,29,39H,8,11,16-23H2,1-4H3/t24-,29+,33-/m0/s1. The summed E-state index contributed by atoms with van der Waals surface area (Å²) in [6, 6.07) is 18.4. The van der Waals surface area contributed by atoms with E-state index >= 15 is 0 Å². The molecule has 0 saturated carbocycles. The Bertz CT molecular complexity index is 1170. The second kappa shape index (κ2) is 11.5. The van der Waals surface area contributed by atoms with Crippen LogP contribution in [0.3, 0.4) is 0 Å². The van der Waals surface area contributed by atoms with E-state index in [1.807, 2.05) is 37.3 Å². The van der Waals surface area contributed by atoms with E-state index in [0.29, 0.717) is 31.2 Å². The van der Waals surface area contributed by atoms with E-state index < -0.39 is 11.2 Å². The number of ether oxygens (including phenoxy) is 1. The summed E-state index contributed by atoms with van der Waals surface area (Å²) in [4.78, 5) is 32.4. The smallest absolute Gasteiger partial charge is 0.411 e. The van der Waals surface area contributed by atoms with Crippen molar-refractivity contribution >= 4 is 12.0 Å². The molecule has 0 aliphatic carbocycles. The van der Waals surface area contributed by atoms with Crippen LogP contribution in [0.15, 0.2) is 54.6 Å². The van der Waals surface area contributed by atoms with Crippen LogP contribution in [0.5, 0.6) is 0 Å². The molecular formula is C33H45N3O4. The van der Waals surface area contributed by atoms with Gasteiger partial charge < -0.3 is 19.6 Å². The van der Waals surface area contributed by atoms with Crippen LogP contribution >= 0.6 is 0 Å². The zero-order valence-electron chi connectivity index (χ0n) is 24.5. The molecule has 40 heavy (non-hydrogen) atoms. The van der Waals surface area contributed by atoms with Crippen LogP contribution in [0, 0.1) is 0 Å². The number of rotatable bonds is 7. The predicted molar refractivity (Wildman–Crippen MR) is 156 cm³/mol. The molecule has 2 aromatic rings. The van der Waals surface area contributed by atoms with Crippen molar-refractivity contribution in [3.8, 4) is 0 Å². The molecule has 7 heteroatoms. The Hall–Kier alpha value is -2.90. The number of likely N-dealkylation sites (tertiary alicyclic amines) is 2. The Labute approximate surface area is 239 Å². The minimum atomic E-state index is -0.976. The summed E-state index contributed by atoms with van der Waals surface area (Å²) in [5.74, 6) is 0.748. The molecular weight excluding hydrogens is 502 g/mol. The van der Waals surface area contributed by atoms with Gasteiger partial charge in [-0.1, -0.05) is 54.6 Å². The van der Waals surface area contributed by atoms with Crippen LogP contribution in [0.1, 0.15) is 87.9 Å². The van der Waals surface area contributed by atoms with Gasteiger partial charge in [-0.3, -0.25) is 9.69 Å². The molecule has 2 aromatic carbocycles. The molecule has 0 spiro atoms. The highest BCUT2D eigenvalue weighted by atomic mass is 16.6. The SMILES string of the molecule is C[C@@H](c1ccc(C2CCN(C(=O)[C@H]3CCCN3C)CC2)cc1)N1CC[C@](CC(C)(C)O)(c2ccccc2)OC1=O. The fraction of sp³-hybridized carbons (Fsp3) is 0.576. The number of benzene rings is 2. The van der Waals surface area contributed by atoms with E-state index in [0.717, 1.165) is 56.4 Å². The molecule has 0 radical (unpaired) electrons. The van der Waals surface area contributed by atoms with Gasteiger partial charge in [0.05, 0.1) is 17.7 Å². The van der Waals surface area contributed by atoms with Crippen LogP contribution < -0.4 is 0 Å². The van der Waals surface area contributed by atoms with E-state index in [2.05, 4.69) is 41.1 Å². The lowest BCUT2D eigenvalue weighted by molar-refractivity contribution is -0.136. The highest BCUT2D eigenvalue weighted by Crippen LogP contribution is 2.42. The van der Waals surface area contributed by atoms with Gasteiger partial charge in [0.1, 0.15) is 5.60 Å². The lowest BCUT2D eigenvalue weighted by Gasteiger charge is -2.45. The number of cyclic esters (lactones) is 1. The fourth-order valence-electron chi connectivity index (χ4n) is 6.98. The first-order valence-electron chi connectivity index (χ1n) is 14.9. The van der Waals surface area contributed by atoms with Crippen molar-refractivity contribution in [2.45, 2.75) is 88.5 Å². The predicted octanol–water partition coefficient (Wildman–Crippen LogP) is 5.45. The Balaban J connectivity index is 1.20. The zero-order valence-corrected chi connectivity index (χ0v) is 24.5. The summed E-state index contributed by atoms with van der Waals surface area (Å²) in [6.45, 7) is 8.78. The number of nitrogens with zero attached hydrogens (tertiary/aromatic N) is 3. The summed E-state index contributed by atoms with van der Waals surface area (Å²) in [5.41, 5.74) is 1.48. The summed E-state index contributed by atoms with van der Waals surface area (Å²) in [6.07, 6.45) is 4.67. The van der Waals surface area contributed by atoms with Crippen molar-refractivity contribution in [2.24, 2.45) is 0 Å². The Kier molecular flexibility index (Phi) is 8.25. The van der Waals surface area contributed by atoms with Gasteiger partial charge in [-0.05, 0) is 82.7 Å². The second-order valence-corrected chi connectivity index (χ2v) is 12.7. The minimum absolute atomic E-state index is 0.0618. The lowest BCUT2D eigenvalue weighted by atomic mass is 9.80. The minimum Gasteiger partial charge on any atom is -0.438 e. The maximum absolute atomic E-state index is 13.4. The molecule has 3 saturated heterocycles. The van der Waals surface area contributed by atoms with Gasteiger partial charge in [0.15, 0.2) is 0 Å². The molecule has 1 N–H and O–H groups in total. The van der Waals surface area contributed by atoms with Crippen molar-refractivity contribution in [2.75, 3.05) is 33.2 Å². The summed E-state index contributed by atoms with van der Waals surface area (Å²) in [7, 11) is 2.06. The highest BCUT2D eigenvalue weighted by molar-refractivity contribution is 5.82. The number of likely N-dealkylation sites (N-methyl/N-ethyl adjacent to an activating group) is 1. The number of aliphatic hydroxyl groups is 1. The van der Waals surface area contributed by atoms with Gasteiger partial charge in [-0.2, -0.15) is 0 Å². The first-order valence-corrected chi connectivity index (χ1v) is 14.9. The van der Waals surface area contributed by atoms with Gasteiger partial charge in [-0.15, -0.1) is 0 Å². The summed E-state index contributed by atoms with van der Waals surface area (Å²) in [5, 5.41) is 10.6. The molecule has 2 amide bonds. The zero-order chi connectivity index (χ0) is 28.5. The maximum Gasteiger partial charge on any atom is 0.411 e. The molecule has 0 aromatic heterocycles. The first kappa shape index (κ1) is 28.6. The van der Waals surface area contributed by atoms with E-state index in [1.165, 1.54) is 5.56 Å². The monoisotopic (exact) mass is 547 g/mol. The number of amides is 2. The first-order chi connectivity index (χ1) is 19.1. The number of hydrogen-bond donors (Lipinski definition) is 1. The van der Waals surface area contributed by atoms with Crippen LogP contribution in [0.25, 0.3) is 0 Å². The molecule has 5 rings (SSSR count). The molecule has 0 bridgehead atoms. The third-order valence-electron chi connectivity index (χ3n) is 9.26. The number of carbonyl (C=O) groups is 2. The maximum atomic E-state index is 13.4. The Morgan fingerprint density at radius 3 is 2.27 bits per heavy atom. The normalized spacial score (nSPS) is 25.6. The number of piperidine rings is 1. The van der Waals surface area contributed by atoms with Crippen LogP contribution in [0.2, 0.25) is 0 Å². The molecule has 3 aliphatic heterocycles. The molecule has 0 unspecified atom stereocenters. The topological polar surface area (TPSA) is 73.3 Å². The highest BCUT2D eigenvalue weighted by Gasteiger charge is 2.46. The van der Waals surface area contributed by atoms with Crippen LogP contribution in [-0.2, 0) is 15.1 Å². The third kappa shape index (κ3) is 6.06. The Morgan fingerprint density at radius 1 is 1.02 bits per heavy atom. The lowest BCUT2D eigenvalue weighted by Crippen LogP contribution is -2.51. The van der Waals surface area contributed by atoms with Gasteiger partial charge in [0, 0.05) is 32.5 Å². The van der Waals surface area contributed by atoms with Gasteiger partial charge in [0.2, 0.25) is 5.91 Å². The molecule has 7 nitrogen and oxygen atoms in total. The molecule has 3 atom stereocenters. The average Bonchev–Trinajstić information content (AvgIpc) is 3.38. The van der Waals surface area contributed by atoms with Crippen molar-refractivity contribution in [1.29, 1.82) is 0 Å². The molecule has 3 fully saturated rings. The quantitative estimate of drug-likeness (QED) is 0.499. The van der Waals surface area contributed by atoms with E-state index in [4.69, 9.17) is 4.74 Å². The second-order valence-electron chi connectivity index (χ2n) is 12.7. The molecule has 3 aliphatic rings. The number of hydrogen-bond acceptors (Lipinski definition) is 5. The number of carbonyl (C=O) groups excluding carboxylic acids is 2. The van der Waals surface area contributed by atoms with E-state index in [1.54, 1.807) is 18.7 Å². The van der Waals surface area contributed by atoms with Gasteiger partial charge in [0.25, 0.3) is 0 Å². The van der Waals surface area contributed by atoms with E-state index in [-0.39, 0.29) is 18.2 Å². The van der Waals surface area contributed by atoms with Crippen molar-refractivity contribution < 1.29 is 19.4 Å². The van der Waals surface area contributed by atoms with Gasteiger partial charge >= 0.3 is 6.09 Å². The van der Waals surface area contributed by atoms with Crippen LogP contribution in [-0.4, -0.2) is 76.7 Å². The average molecular weight is 548 g/mol. The van der Waals surface area contributed by atoms with Crippen molar-refractivity contribution in [3.05, 3.63) is 71.3 Å². The van der Waals surface area contributed by atoms with E-state index in [9.17, 15) is 14.7 Å². The molecule has 3 heterocycles. The van der Waals surface area contributed by atoms with Crippen molar-refractivity contribution in [1.82, 2.24) is 14.7 Å². The summed E-state index contributed by atoms with van der Waals surface area (Å²) < 4.78 is 6.17. The molecule has 216 valence electrons. The largest absolute Gasteiger partial charge is 0.438 e. The van der Waals surface area contributed by atoms with Gasteiger partial charge in [-0.25, -0.2) is 4.79 Å². The Morgan fingerprint density at radius 2 is 1.70 bits per heavy atom. The van der Waals surface area contributed by atoms with Crippen molar-refractivity contribution in [3.63, 3.8) is 0 Å². The fourth-order valence-corrected chi connectivity index (χ4v) is 6.98. The van der Waals surface area contributed by atoms with Crippen LogP contribution in [0.4, 0.5) is 4.79 Å². The summed E-state index contributed by atoms with van der Waals surface area (Å²) >= 11 is 0.